The second kappa shape index (κ2) is 12.4. The molecule has 0 atom stereocenters. The number of halogens is 2. The lowest BCUT2D eigenvalue weighted by atomic mass is 10.1. The van der Waals surface area contributed by atoms with Gasteiger partial charge in [-0.1, -0.05) is 59.1 Å². The molecule has 0 unspecified atom stereocenters. The van der Waals surface area contributed by atoms with E-state index in [0.29, 0.717) is 18.0 Å². The summed E-state index contributed by atoms with van der Waals surface area (Å²) in [5, 5.41) is 33.1. The molecule has 0 saturated heterocycles. The van der Waals surface area contributed by atoms with Gasteiger partial charge in [-0.25, -0.2) is 8.78 Å². The molecule has 37 heavy (non-hydrogen) atoms. The number of aryl methyl sites for hydroxylation is 2. The molecule has 0 spiro atoms. The van der Waals surface area contributed by atoms with Crippen LogP contribution in [0, 0.1) is 11.6 Å². The third-order valence-electron chi connectivity index (χ3n) is 5.16. The van der Waals surface area contributed by atoms with Crippen LogP contribution in [0.3, 0.4) is 0 Å². The van der Waals surface area contributed by atoms with Gasteiger partial charge < -0.3 is 15.7 Å². The van der Waals surface area contributed by atoms with Crippen LogP contribution in [0.25, 0.3) is 0 Å². The van der Waals surface area contributed by atoms with Crippen LogP contribution in [0.15, 0.2) is 42.5 Å². The Bertz CT molecular complexity index is 1380. The maximum atomic E-state index is 13.9. The van der Waals surface area contributed by atoms with Crippen LogP contribution in [0.1, 0.15) is 34.0 Å². The number of phenols is 1. The number of hydrogen-bond acceptors (Lipinski definition) is 9. The van der Waals surface area contributed by atoms with Crippen LogP contribution in [-0.2, 0) is 35.3 Å². The van der Waals surface area contributed by atoms with E-state index in [-0.39, 0.29) is 29.4 Å². The maximum Gasteiger partial charge on any atom is 0.230 e. The van der Waals surface area contributed by atoms with Crippen molar-refractivity contribution in [2.75, 3.05) is 10.6 Å². The van der Waals surface area contributed by atoms with Gasteiger partial charge in [0.15, 0.2) is 17.4 Å². The van der Waals surface area contributed by atoms with Gasteiger partial charge in [0.25, 0.3) is 0 Å². The molecular weight excluding hydrogens is 522 g/mol. The zero-order valence-corrected chi connectivity index (χ0v) is 21.0. The fourth-order valence-corrected chi connectivity index (χ4v) is 4.96. The van der Waals surface area contributed by atoms with E-state index in [1.807, 2.05) is 30.3 Å². The number of phenolic OH excluding ortho intramolecular Hbond substituents is 1. The van der Waals surface area contributed by atoms with Crippen molar-refractivity contribution in [3.8, 4) is 5.75 Å². The highest BCUT2D eigenvalue weighted by atomic mass is 32.1. The normalized spacial score (nSPS) is 10.9. The van der Waals surface area contributed by atoms with Crippen molar-refractivity contribution in [1.29, 1.82) is 0 Å². The Morgan fingerprint density at radius 2 is 1.35 bits per heavy atom. The zero-order chi connectivity index (χ0) is 26.2. The first-order chi connectivity index (χ1) is 17.9. The van der Waals surface area contributed by atoms with Crippen molar-refractivity contribution < 1.29 is 23.5 Å². The highest BCUT2D eigenvalue weighted by Crippen LogP contribution is 2.24. The molecule has 3 N–H and O–H groups in total. The number of rotatable bonds is 11. The number of anilines is 2. The fraction of sp³-hybridized carbons (Fsp3) is 0.250. The smallest absolute Gasteiger partial charge is 0.230 e. The average molecular weight is 545 g/mol. The summed E-state index contributed by atoms with van der Waals surface area (Å²) in [4.78, 5) is 24.3. The number of nitrogens with zero attached hydrogens (tertiary/aromatic N) is 4. The van der Waals surface area contributed by atoms with Gasteiger partial charge in [-0.2, -0.15) is 0 Å². The summed E-state index contributed by atoms with van der Waals surface area (Å²) in [6.45, 7) is 0. The van der Waals surface area contributed by atoms with Gasteiger partial charge in [0, 0.05) is 18.4 Å². The van der Waals surface area contributed by atoms with E-state index in [1.165, 1.54) is 22.7 Å². The third-order valence-corrected chi connectivity index (χ3v) is 6.96. The molecule has 2 aromatic heterocycles. The summed E-state index contributed by atoms with van der Waals surface area (Å²) in [6, 6.07) is 11.5. The standard InChI is InChI=1S/C24H22F2N6O3S2/c25-16-11-10-15(21(26)22(16)35)13-18(34)28-24-32-30-20(37-24)9-5-4-8-19-29-31-23(36-19)27-17(33)12-14-6-2-1-3-7-14/h1-3,6-7,10-11,35H,4-5,8-9,12-13H2,(H,27,31,33)(H,28,32,34). The molecule has 0 bridgehead atoms. The van der Waals surface area contributed by atoms with Crippen LogP contribution < -0.4 is 10.6 Å². The summed E-state index contributed by atoms with van der Waals surface area (Å²) in [5.74, 6) is -4.07. The lowest BCUT2D eigenvalue weighted by Crippen LogP contribution is -2.15. The lowest BCUT2D eigenvalue weighted by Gasteiger charge is -2.05. The average Bonchev–Trinajstić information content (AvgIpc) is 3.52. The molecule has 0 fully saturated rings. The van der Waals surface area contributed by atoms with Gasteiger partial charge in [-0.3, -0.25) is 9.59 Å². The van der Waals surface area contributed by atoms with E-state index in [9.17, 15) is 23.5 Å². The first kappa shape index (κ1) is 26.2. The Hall–Kier alpha value is -3.84. The number of carbonyl (C=O) groups is 2. The fourth-order valence-electron chi connectivity index (χ4n) is 3.36. The molecule has 13 heteroatoms. The second-order valence-corrected chi connectivity index (χ2v) is 10.1. The minimum absolute atomic E-state index is 0.128. The summed E-state index contributed by atoms with van der Waals surface area (Å²) in [6.07, 6.45) is 2.86. The van der Waals surface area contributed by atoms with Crippen LogP contribution in [0.4, 0.5) is 19.0 Å². The largest absolute Gasteiger partial charge is 0.503 e. The Morgan fingerprint density at radius 1 is 0.784 bits per heavy atom. The van der Waals surface area contributed by atoms with Crippen molar-refractivity contribution >= 4 is 44.8 Å². The highest BCUT2D eigenvalue weighted by Gasteiger charge is 2.16. The van der Waals surface area contributed by atoms with E-state index < -0.39 is 23.3 Å². The molecule has 4 rings (SSSR count). The summed E-state index contributed by atoms with van der Waals surface area (Å²) in [7, 11) is 0. The van der Waals surface area contributed by atoms with Crippen LogP contribution >= 0.6 is 22.7 Å². The van der Waals surface area contributed by atoms with Crippen molar-refractivity contribution in [2.45, 2.75) is 38.5 Å². The number of benzene rings is 2. The van der Waals surface area contributed by atoms with Crippen molar-refractivity contribution in [2.24, 2.45) is 0 Å². The van der Waals surface area contributed by atoms with E-state index in [2.05, 4.69) is 31.0 Å². The van der Waals surface area contributed by atoms with Gasteiger partial charge in [-0.05, 0) is 24.5 Å². The van der Waals surface area contributed by atoms with Crippen molar-refractivity contribution in [3.05, 3.63) is 75.2 Å². The molecule has 0 aliphatic rings. The summed E-state index contributed by atoms with van der Waals surface area (Å²) >= 11 is 2.55. The number of aromatic hydroxyl groups is 1. The molecule has 0 saturated carbocycles. The predicted molar refractivity (Wildman–Crippen MR) is 136 cm³/mol. The summed E-state index contributed by atoms with van der Waals surface area (Å²) in [5.41, 5.74) is 0.794. The highest BCUT2D eigenvalue weighted by molar-refractivity contribution is 7.15. The molecule has 4 aromatic rings. The molecule has 0 aliphatic carbocycles. The predicted octanol–water partition coefficient (Wildman–Crippen LogP) is 4.30. The van der Waals surface area contributed by atoms with Gasteiger partial charge in [0.1, 0.15) is 10.0 Å². The second-order valence-electron chi connectivity index (χ2n) is 8.01. The molecular formula is C24H22F2N6O3S2. The molecule has 0 aliphatic heterocycles. The van der Waals surface area contributed by atoms with Crippen LogP contribution in [0.2, 0.25) is 0 Å². The van der Waals surface area contributed by atoms with Crippen LogP contribution in [-0.4, -0.2) is 37.3 Å². The zero-order valence-electron chi connectivity index (χ0n) is 19.4. The molecule has 2 amide bonds. The maximum absolute atomic E-state index is 13.9. The monoisotopic (exact) mass is 544 g/mol. The number of unbranched alkanes of at least 4 members (excludes halogenated alkanes) is 1. The van der Waals surface area contributed by atoms with Gasteiger partial charge >= 0.3 is 0 Å². The van der Waals surface area contributed by atoms with E-state index in [1.54, 1.807) is 0 Å². The lowest BCUT2D eigenvalue weighted by molar-refractivity contribution is -0.116. The minimum Gasteiger partial charge on any atom is -0.503 e. The quantitative estimate of drug-likeness (QED) is 0.240. The Morgan fingerprint density at radius 3 is 1.95 bits per heavy atom. The van der Waals surface area contributed by atoms with Gasteiger partial charge in [0.2, 0.25) is 22.1 Å². The number of aromatic nitrogens is 4. The first-order valence-electron chi connectivity index (χ1n) is 11.3. The molecule has 192 valence electrons. The topological polar surface area (TPSA) is 130 Å². The number of amides is 2. The van der Waals surface area contributed by atoms with Gasteiger partial charge in [-0.15, -0.1) is 20.4 Å². The van der Waals surface area contributed by atoms with Gasteiger partial charge in [0.05, 0.1) is 12.8 Å². The van der Waals surface area contributed by atoms with E-state index >= 15 is 0 Å². The first-order valence-corrected chi connectivity index (χ1v) is 12.9. The third kappa shape index (κ3) is 7.57. The van der Waals surface area contributed by atoms with E-state index in [4.69, 9.17) is 0 Å². The number of nitrogens with one attached hydrogen (secondary N) is 2. The molecule has 9 nitrogen and oxygen atoms in total. The number of hydrogen-bond donors (Lipinski definition) is 3. The van der Waals surface area contributed by atoms with Crippen molar-refractivity contribution in [1.82, 2.24) is 20.4 Å². The molecule has 2 heterocycles. The Labute approximate surface area is 218 Å². The number of carbonyl (C=O) groups excluding carboxylic acids is 2. The Kier molecular flexibility index (Phi) is 8.80. The van der Waals surface area contributed by atoms with E-state index in [0.717, 1.165) is 40.6 Å². The SMILES string of the molecule is O=C(Cc1ccccc1)Nc1nnc(CCCCc2nnc(NC(=O)Cc3ccc(F)c(O)c3F)s2)s1. The Balaban J connectivity index is 1.17. The van der Waals surface area contributed by atoms with Crippen molar-refractivity contribution in [3.63, 3.8) is 0 Å². The molecule has 2 aromatic carbocycles. The summed E-state index contributed by atoms with van der Waals surface area (Å²) < 4.78 is 27.0. The van der Waals surface area contributed by atoms with Crippen LogP contribution in [0.5, 0.6) is 5.75 Å². The minimum atomic E-state index is -1.16. The molecule has 0 radical (unpaired) electrons.